The van der Waals surface area contributed by atoms with Crippen molar-refractivity contribution in [1.29, 1.82) is 0 Å². The van der Waals surface area contributed by atoms with Crippen LogP contribution >= 0.6 is 0 Å². The van der Waals surface area contributed by atoms with Crippen LogP contribution in [0.25, 0.3) is 0 Å². The molecule has 1 saturated carbocycles. The third-order valence-corrected chi connectivity index (χ3v) is 5.72. The van der Waals surface area contributed by atoms with Crippen molar-refractivity contribution in [3.8, 4) is 0 Å². The quantitative estimate of drug-likeness (QED) is 0.810. The molecule has 3 rings (SSSR count). The van der Waals surface area contributed by atoms with Gasteiger partial charge in [-0.1, -0.05) is 44.9 Å². The largest absolute Gasteiger partial charge is 0.313 e. The molecule has 2 aliphatic carbocycles. The van der Waals surface area contributed by atoms with Gasteiger partial charge in [-0.3, -0.25) is 0 Å². The van der Waals surface area contributed by atoms with Crippen LogP contribution in [0.4, 0.5) is 0 Å². The molecule has 0 bridgehead atoms. The Hall–Kier alpha value is -0.820. The highest BCUT2D eigenvalue weighted by Gasteiger charge is 2.30. The predicted octanol–water partition coefficient (Wildman–Crippen LogP) is 4.52. The zero-order valence-corrected chi connectivity index (χ0v) is 13.8. The van der Waals surface area contributed by atoms with Gasteiger partial charge in [-0.25, -0.2) is 0 Å². The van der Waals surface area contributed by atoms with Gasteiger partial charge in [0, 0.05) is 6.04 Å². The zero-order chi connectivity index (χ0) is 14.7. The maximum atomic E-state index is 3.86. The summed E-state index contributed by atoms with van der Waals surface area (Å²) in [6.45, 7) is 5.90. The molecule has 0 amide bonds. The Kier molecular flexibility index (Phi) is 5.00. The zero-order valence-electron chi connectivity index (χ0n) is 13.8. The maximum Gasteiger partial charge on any atom is 0.0138 e. The topological polar surface area (TPSA) is 12.0 Å². The van der Waals surface area contributed by atoms with Crippen LogP contribution in [-0.4, -0.2) is 12.6 Å². The molecule has 1 fully saturated rings. The average Bonchev–Trinajstić information content (AvgIpc) is 3.11. The summed E-state index contributed by atoms with van der Waals surface area (Å²) in [5, 5.41) is 3.86. The monoisotopic (exact) mass is 285 g/mol. The smallest absolute Gasteiger partial charge is 0.0138 e. The lowest BCUT2D eigenvalue weighted by atomic mass is 9.86. The van der Waals surface area contributed by atoms with Crippen molar-refractivity contribution in [2.45, 2.75) is 71.3 Å². The molecule has 3 atom stereocenters. The van der Waals surface area contributed by atoms with E-state index in [2.05, 4.69) is 37.4 Å². The Morgan fingerprint density at radius 2 is 2.00 bits per heavy atom. The second kappa shape index (κ2) is 6.96. The molecule has 1 aromatic carbocycles. The van der Waals surface area contributed by atoms with Crippen LogP contribution in [0.15, 0.2) is 18.2 Å². The summed E-state index contributed by atoms with van der Waals surface area (Å²) in [7, 11) is 0. The molecule has 1 aromatic rings. The highest BCUT2D eigenvalue weighted by atomic mass is 14.9. The van der Waals surface area contributed by atoms with E-state index in [1.54, 1.807) is 16.7 Å². The van der Waals surface area contributed by atoms with Gasteiger partial charge in [0.2, 0.25) is 0 Å². The molecule has 3 unspecified atom stereocenters. The van der Waals surface area contributed by atoms with E-state index in [1.807, 2.05) is 0 Å². The summed E-state index contributed by atoms with van der Waals surface area (Å²) < 4.78 is 0. The van der Waals surface area contributed by atoms with Gasteiger partial charge >= 0.3 is 0 Å². The summed E-state index contributed by atoms with van der Waals surface area (Å²) in [6, 6.07) is 7.97. The normalized spacial score (nSPS) is 26.0. The van der Waals surface area contributed by atoms with E-state index >= 15 is 0 Å². The van der Waals surface area contributed by atoms with Crippen molar-refractivity contribution < 1.29 is 0 Å². The van der Waals surface area contributed by atoms with Gasteiger partial charge in [-0.05, 0) is 73.6 Å². The summed E-state index contributed by atoms with van der Waals surface area (Å²) in [4.78, 5) is 0. The first-order chi connectivity index (χ1) is 10.3. The fourth-order valence-corrected chi connectivity index (χ4v) is 4.48. The highest BCUT2D eigenvalue weighted by Crippen LogP contribution is 2.35. The molecule has 0 saturated heterocycles. The lowest BCUT2D eigenvalue weighted by Crippen LogP contribution is -2.39. The molecular weight excluding hydrogens is 254 g/mol. The number of nitrogens with one attached hydrogen (secondary N) is 1. The van der Waals surface area contributed by atoms with Crippen molar-refractivity contribution in [1.82, 2.24) is 5.32 Å². The third-order valence-electron chi connectivity index (χ3n) is 5.72. The Balaban J connectivity index is 1.71. The summed E-state index contributed by atoms with van der Waals surface area (Å²) in [5.41, 5.74) is 4.79. The van der Waals surface area contributed by atoms with E-state index < -0.39 is 0 Å². The van der Waals surface area contributed by atoms with Crippen molar-refractivity contribution in [3.63, 3.8) is 0 Å². The van der Waals surface area contributed by atoms with E-state index in [0.29, 0.717) is 6.04 Å². The Bertz CT molecular complexity index is 465. The van der Waals surface area contributed by atoms with Gasteiger partial charge in [-0.15, -0.1) is 0 Å². The molecule has 1 N–H and O–H groups in total. The molecule has 116 valence electrons. The lowest BCUT2D eigenvalue weighted by Gasteiger charge is -2.28. The molecule has 0 aliphatic heterocycles. The highest BCUT2D eigenvalue weighted by molar-refractivity contribution is 5.35. The Labute approximate surface area is 130 Å². The van der Waals surface area contributed by atoms with E-state index in [1.165, 1.54) is 57.9 Å². The minimum Gasteiger partial charge on any atom is -0.313 e. The minimum atomic E-state index is 0.682. The van der Waals surface area contributed by atoms with Crippen LogP contribution in [0.3, 0.4) is 0 Å². The van der Waals surface area contributed by atoms with Crippen LogP contribution in [0.2, 0.25) is 0 Å². The van der Waals surface area contributed by atoms with Crippen molar-refractivity contribution in [3.05, 3.63) is 34.9 Å². The van der Waals surface area contributed by atoms with Gasteiger partial charge in [0.1, 0.15) is 0 Å². The molecule has 1 nitrogen and oxygen atoms in total. The Morgan fingerprint density at radius 3 is 2.76 bits per heavy atom. The number of aryl methyl sites for hydroxylation is 2. The minimum absolute atomic E-state index is 0.682. The SMILES string of the molecule is CCCNC(Cc1ccc2c(c1)CCC2)C1CCCC1C. The first kappa shape index (κ1) is 15.1. The van der Waals surface area contributed by atoms with E-state index in [4.69, 9.17) is 0 Å². The van der Waals surface area contributed by atoms with Crippen molar-refractivity contribution in [2.24, 2.45) is 11.8 Å². The first-order valence-electron chi connectivity index (χ1n) is 9.12. The number of fused-ring (bicyclic) bond motifs is 1. The fourth-order valence-electron chi connectivity index (χ4n) is 4.48. The van der Waals surface area contributed by atoms with Crippen molar-refractivity contribution >= 4 is 0 Å². The summed E-state index contributed by atoms with van der Waals surface area (Å²) in [6.07, 6.45) is 10.7. The molecule has 21 heavy (non-hydrogen) atoms. The van der Waals surface area contributed by atoms with Crippen LogP contribution in [-0.2, 0) is 19.3 Å². The predicted molar refractivity (Wildman–Crippen MR) is 90.8 cm³/mol. The van der Waals surface area contributed by atoms with Crippen molar-refractivity contribution in [2.75, 3.05) is 6.54 Å². The maximum absolute atomic E-state index is 3.86. The van der Waals surface area contributed by atoms with Gasteiger partial charge in [-0.2, -0.15) is 0 Å². The average molecular weight is 285 g/mol. The summed E-state index contributed by atoms with van der Waals surface area (Å²) >= 11 is 0. The number of hydrogen-bond donors (Lipinski definition) is 1. The van der Waals surface area contributed by atoms with Crippen LogP contribution in [0.1, 0.15) is 62.6 Å². The molecule has 0 heterocycles. The second-order valence-corrected chi connectivity index (χ2v) is 7.29. The summed E-state index contributed by atoms with van der Waals surface area (Å²) in [5.74, 6) is 1.78. The molecule has 2 aliphatic rings. The molecule has 0 spiro atoms. The fraction of sp³-hybridized carbons (Fsp3) is 0.700. The molecule has 0 radical (unpaired) electrons. The van der Waals surface area contributed by atoms with Gasteiger partial charge in [0.05, 0.1) is 0 Å². The number of hydrogen-bond acceptors (Lipinski definition) is 1. The first-order valence-corrected chi connectivity index (χ1v) is 9.12. The van der Waals surface area contributed by atoms with Crippen LogP contribution in [0, 0.1) is 11.8 Å². The number of benzene rings is 1. The molecule has 1 heteroatoms. The van der Waals surface area contributed by atoms with Gasteiger partial charge in [0.15, 0.2) is 0 Å². The van der Waals surface area contributed by atoms with E-state index in [9.17, 15) is 0 Å². The van der Waals surface area contributed by atoms with E-state index in [-0.39, 0.29) is 0 Å². The van der Waals surface area contributed by atoms with Gasteiger partial charge in [0.25, 0.3) is 0 Å². The molecule has 0 aromatic heterocycles. The standard InChI is InChI=1S/C20H31N/c1-3-12-21-20(19-9-4-6-15(19)2)14-16-10-11-17-7-5-8-18(17)13-16/h10-11,13,15,19-21H,3-9,12,14H2,1-2H3. The van der Waals surface area contributed by atoms with Crippen LogP contribution < -0.4 is 5.32 Å². The number of rotatable bonds is 6. The Morgan fingerprint density at radius 1 is 1.14 bits per heavy atom. The third kappa shape index (κ3) is 3.51. The van der Waals surface area contributed by atoms with E-state index in [0.717, 1.165) is 11.8 Å². The second-order valence-electron chi connectivity index (χ2n) is 7.29. The van der Waals surface area contributed by atoms with Gasteiger partial charge < -0.3 is 5.32 Å². The van der Waals surface area contributed by atoms with Crippen LogP contribution in [0.5, 0.6) is 0 Å². The lowest BCUT2D eigenvalue weighted by molar-refractivity contribution is 0.295. The molecular formula is C20H31N.